The van der Waals surface area contributed by atoms with Crippen molar-refractivity contribution in [1.29, 1.82) is 0 Å². The Hall–Kier alpha value is -1.74. The molecule has 0 aromatic heterocycles. The van der Waals surface area contributed by atoms with Crippen molar-refractivity contribution in [3.05, 3.63) is 59.2 Å². The summed E-state index contributed by atoms with van der Waals surface area (Å²) in [4.78, 5) is 12.4. The van der Waals surface area contributed by atoms with Gasteiger partial charge in [-0.05, 0) is 61.6 Å². The minimum atomic E-state index is 0.108. The molecule has 0 heterocycles. The number of Topliss-reactive ketones (excluding diaryl/α,β-unsaturated/α-hetero) is 1. The molecule has 0 N–H and O–H groups in total. The molecule has 0 bridgehead atoms. The van der Waals surface area contributed by atoms with E-state index in [-0.39, 0.29) is 5.78 Å². The monoisotopic (exact) mass is 312 g/mol. The largest absolute Gasteiger partial charge is 0.493 e. The Morgan fingerprint density at radius 2 is 1.86 bits per heavy atom. The van der Waals surface area contributed by atoms with Crippen molar-refractivity contribution in [2.24, 2.45) is 0 Å². The van der Waals surface area contributed by atoms with E-state index in [1.807, 2.05) is 24.3 Å². The first kappa shape index (κ1) is 15.2. The molecule has 22 heavy (non-hydrogen) atoms. The van der Waals surface area contributed by atoms with E-state index in [0.29, 0.717) is 6.61 Å². The summed E-state index contributed by atoms with van der Waals surface area (Å²) in [5.41, 5.74) is 3.69. The summed E-state index contributed by atoms with van der Waals surface area (Å²) >= 11 is 1.75. The molecule has 1 aliphatic rings. The topological polar surface area (TPSA) is 26.3 Å². The number of benzene rings is 2. The molecule has 2 nitrogen and oxygen atoms in total. The van der Waals surface area contributed by atoms with E-state index in [2.05, 4.69) is 18.2 Å². The van der Waals surface area contributed by atoms with Gasteiger partial charge in [-0.1, -0.05) is 18.2 Å². The predicted molar refractivity (Wildman–Crippen MR) is 91.1 cm³/mol. The maximum atomic E-state index is 11.2. The third kappa shape index (κ3) is 3.72. The van der Waals surface area contributed by atoms with E-state index >= 15 is 0 Å². The number of aryl methyl sites for hydroxylation is 2. The molecular formula is C19H20O2S. The number of ketones is 1. The van der Waals surface area contributed by atoms with Crippen LogP contribution in [0.5, 0.6) is 5.75 Å². The highest BCUT2D eigenvalue weighted by atomic mass is 32.2. The number of carbonyl (C=O) groups is 1. The van der Waals surface area contributed by atoms with Crippen molar-refractivity contribution in [3.8, 4) is 5.75 Å². The molecule has 0 saturated carbocycles. The van der Waals surface area contributed by atoms with Gasteiger partial charge in [-0.2, -0.15) is 0 Å². The van der Waals surface area contributed by atoms with E-state index in [1.54, 1.807) is 18.7 Å². The van der Waals surface area contributed by atoms with Gasteiger partial charge in [0.05, 0.1) is 6.61 Å². The second-order valence-electron chi connectivity index (χ2n) is 5.56. The van der Waals surface area contributed by atoms with Crippen molar-refractivity contribution in [2.45, 2.75) is 31.1 Å². The molecule has 0 atom stereocenters. The fourth-order valence-electron chi connectivity index (χ4n) is 2.74. The van der Waals surface area contributed by atoms with Crippen molar-refractivity contribution >= 4 is 17.5 Å². The van der Waals surface area contributed by atoms with Crippen LogP contribution in [0.1, 0.15) is 34.8 Å². The molecule has 3 rings (SSSR count). The number of hydrogen-bond donors (Lipinski definition) is 0. The average molecular weight is 312 g/mol. The molecule has 114 valence electrons. The first-order valence-electron chi connectivity index (χ1n) is 7.71. The van der Waals surface area contributed by atoms with Crippen LogP contribution in [0.15, 0.2) is 47.4 Å². The number of ether oxygens (including phenoxy) is 1. The van der Waals surface area contributed by atoms with Crippen LogP contribution in [-0.4, -0.2) is 18.1 Å². The fourth-order valence-corrected chi connectivity index (χ4v) is 3.47. The summed E-state index contributed by atoms with van der Waals surface area (Å²) in [6, 6.07) is 14.2. The summed E-state index contributed by atoms with van der Waals surface area (Å²) in [5.74, 6) is 1.99. The number of fused-ring (bicyclic) bond motifs is 1. The zero-order chi connectivity index (χ0) is 15.4. The first-order valence-corrected chi connectivity index (χ1v) is 8.69. The van der Waals surface area contributed by atoms with Gasteiger partial charge in [0.2, 0.25) is 0 Å². The molecule has 0 amide bonds. The molecule has 2 aromatic carbocycles. The Bertz CT molecular complexity index is 662. The van der Waals surface area contributed by atoms with E-state index in [1.165, 1.54) is 35.3 Å². The fraction of sp³-hybridized carbons (Fsp3) is 0.316. The zero-order valence-corrected chi connectivity index (χ0v) is 13.6. The lowest BCUT2D eigenvalue weighted by Crippen LogP contribution is -2.00. The van der Waals surface area contributed by atoms with E-state index in [9.17, 15) is 4.79 Å². The molecular weight excluding hydrogens is 292 g/mol. The summed E-state index contributed by atoms with van der Waals surface area (Å²) in [7, 11) is 0. The molecule has 2 aromatic rings. The van der Waals surface area contributed by atoms with Crippen LogP contribution in [0.4, 0.5) is 0 Å². The molecule has 0 spiro atoms. The Kier molecular flexibility index (Phi) is 4.84. The van der Waals surface area contributed by atoms with Crippen LogP contribution in [0.25, 0.3) is 0 Å². The van der Waals surface area contributed by atoms with Crippen LogP contribution in [0.3, 0.4) is 0 Å². The van der Waals surface area contributed by atoms with Crippen molar-refractivity contribution in [2.75, 3.05) is 12.4 Å². The van der Waals surface area contributed by atoms with Gasteiger partial charge < -0.3 is 4.74 Å². The van der Waals surface area contributed by atoms with Crippen LogP contribution in [-0.2, 0) is 12.8 Å². The number of rotatable bonds is 6. The Balaban J connectivity index is 1.46. The van der Waals surface area contributed by atoms with Gasteiger partial charge in [0, 0.05) is 16.2 Å². The molecule has 3 heteroatoms. The van der Waals surface area contributed by atoms with Gasteiger partial charge in [0.1, 0.15) is 5.75 Å². The second-order valence-corrected chi connectivity index (χ2v) is 6.73. The molecule has 1 aliphatic carbocycles. The van der Waals surface area contributed by atoms with Crippen LogP contribution in [0.2, 0.25) is 0 Å². The SMILES string of the molecule is CC(=O)c1ccc(SCCOc2ccc3c(c2)CCC3)cc1. The lowest BCUT2D eigenvalue weighted by atomic mass is 10.1. The highest BCUT2D eigenvalue weighted by Crippen LogP contribution is 2.26. The van der Waals surface area contributed by atoms with Gasteiger partial charge in [-0.3, -0.25) is 4.79 Å². The maximum Gasteiger partial charge on any atom is 0.159 e. The van der Waals surface area contributed by atoms with Crippen LogP contribution < -0.4 is 4.74 Å². The minimum absolute atomic E-state index is 0.108. The molecule has 0 aliphatic heterocycles. The summed E-state index contributed by atoms with van der Waals surface area (Å²) < 4.78 is 5.84. The summed E-state index contributed by atoms with van der Waals surface area (Å²) in [6.45, 7) is 2.28. The summed E-state index contributed by atoms with van der Waals surface area (Å²) in [6.07, 6.45) is 3.66. The second kappa shape index (κ2) is 7.01. The number of carbonyl (C=O) groups excluding carboxylic acids is 1. The minimum Gasteiger partial charge on any atom is -0.493 e. The quantitative estimate of drug-likeness (QED) is 0.445. The van der Waals surface area contributed by atoms with Gasteiger partial charge in [-0.25, -0.2) is 0 Å². The van der Waals surface area contributed by atoms with Gasteiger partial charge >= 0.3 is 0 Å². The van der Waals surface area contributed by atoms with Gasteiger partial charge in [-0.15, -0.1) is 11.8 Å². The van der Waals surface area contributed by atoms with Crippen molar-refractivity contribution < 1.29 is 9.53 Å². The zero-order valence-electron chi connectivity index (χ0n) is 12.8. The normalized spacial score (nSPS) is 13.0. The third-order valence-corrected chi connectivity index (χ3v) is 4.93. The van der Waals surface area contributed by atoms with Crippen molar-refractivity contribution in [1.82, 2.24) is 0 Å². The van der Waals surface area contributed by atoms with Crippen LogP contribution >= 0.6 is 11.8 Å². The number of thioether (sulfide) groups is 1. The smallest absolute Gasteiger partial charge is 0.159 e. The molecule has 0 fully saturated rings. The Morgan fingerprint density at radius 3 is 2.64 bits per heavy atom. The van der Waals surface area contributed by atoms with Crippen molar-refractivity contribution in [3.63, 3.8) is 0 Å². The first-order chi connectivity index (χ1) is 10.7. The lowest BCUT2D eigenvalue weighted by molar-refractivity contribution is 0.101. The molecule has 0 saturated heterocycles. The van der Waals surface area contributed by atoms with E-state index in [4.69, 9.17) is 4.74 Å². The van der Waals surface area contributed by atoms with E-state index < -0.39 is 0 Å². The lowest BCUT2D eigenvalue weighted by Gasteiger charge is -2.08. The predicted octanol–water partition coefficient (Wildman–Crippen LogP) is 4.55. The molecule has 0 unspecified atom stereocenters. The Labute approximate surface area is 135 Å². The van der Waals surface area contributed by atoms with Crippen LogP contribution in [0, 0.1) is 0 Å². The standard InChI is InChI=1S/C19H20O2S/c1-14(20)15-6-9-19(10-7-15)22-12-11-21-18-8-5-16-3-2-4-17(16)13-18/h5-10,13H,2-4,11-12H2,1H3. The number of hydrogen-bond acceptors (Lipinski definition) is 3. The highest BCUT2D eigenvalue weighted by molar-refractivity contribution is 7.99. The van der Waals surface area contributed by atoms with E-state index in [0.717, 1.165) is 17.1 Å². The Morgan fingerprint density at radius 1 is 1.09 bits per heavy atom. The highest BCUT2D eigenvalue weighted by Gasteiger charge is 2.11. The third-order valence-electron chi connectivity index (χ3n) is 3.95. The summed E-state index contributed by atoms with van der Waals surface area (Å²) in [5, 5.41) is 0. The molecule has 0 radical (unpaired) electrons. The van der Waals surface area contributed by atoms with Gasteiger partial charge in [0.15, 0.2) is 5.78 Å². The van der Waals surface area contributed by atoms with Gasteiger partial charge in [0.25, 0.3) is 0 Å². The maximum absolute atomic E-state index is 11.2. The average Bonchev–Trinajstić information content (AvgIpc) is 2.99.